The molecule has 0 radical (unpaired) electrons. The number of rotatable bonds is 21. The Morgan fingerprint density at radius 1 is 0.741 bits per heavy atom. The maximum absolute atomic E-state index is 11.3. The summed E-state index contributed by atoms with van der Waals surface area (Å²) in [5, 5.41) is 17.8. The first-order chi connectivity index (χ1) is 13.1. The largest absolute Gasteiger partial charge is 0.481 e. The van der Waals surface area contributed by atoms with Crippen molar-refractivity contribution < 1.29 is 19.8 Å². The van der Waals surface area contributed by atoms with Gasteiger partial charge in [-0.15, -0.1) is 0 Å². The van der Waals surface area contributed by atoms with E-state index in [1.54, 1.807) is 0 Å². The van der Waals surface area contributed by atoms with E-state index in [1.165, 1.54) is 81.7 Å². The quantitative estimate of drug-likeness (QED) is 0.211. The van der Waals surface area contributed by atoms with Crippen LogP contribution in [-0.4, -0.2) is 45.2 Å². The molecule has 0 aliphatic rings. The van der Waals surface area contributed by atoms with Gasteiger partial charge in [-0.2, -0.15) is 23.5 Å². The number of unbranched alkanes of at least 4 members (excludes halogenated alkanes) is 9. The Kier molecular flexibility index (Phi) is 20.1. The summed E-state index contributed by atoms with van der Waals surface area (Å²) in [5.41, 5.74) is 0. The topological polar surface area (TPSA) is 74.6 Å². The fourth-order valence-electron chi connectivity index (χ4n) is 2.89. The summed E-state index contributed by atoms with van der Waals surface area (Å²) in [7, 11) is 0. The van der Waals surface area contributed by atoms with E-state index < -0.39 is 11.9 Å². The van der Waals surface area contributed by atoms with Crippen LogP contribution in [0, 0.1) is 5.92 Å². The second-order valence-corrected chi connectivity index (χ2v) is 9.56. The van der Waals surface area contributed by atoms with Gasteiger partial charge in [0.15, 0.2) is 0 Å². The van der Waals surface area contributed by atoms with Gasteiger partial charge in [0, 0.05) is 11.5 Å². The van der Waals surface area contributed by atoms with Gasteiger partial charge in [0.25, 0.3) is 0 Å². The van der Waals surface area contributed by atoms with E-state index in [-0.39, 0.29) is 12.3 Å². The van der Waals surface area contributed by atoms with Crippen molar-refractivity contribution in [1.29, 1.82) is 0 Å². The van der Waals surface area contributed by atoms with Crippen molar-refractivity contribution in [2.24, 2.45) is 5.92 Å². The lowest BCUT2D eigenvalue weighted by Gasteiger charge is -2.11. The van der Waals surface area contributed by atoms with E-state index in [0.29, 0.717) is 17.9 Å². The third kappa shape index (κ3) is 20.2. The Labute approximate surface area is 174 Å². The van der Waals surface area contributed by atoms with Crippen molar-refractivity contribution in [3.05, 3.63) is 0 Å². The molecule has 160 valence electrons. The summed E-state index contributed by atoms with van der Waals surface area (Å²) < 4.78 is 0. The zero-order chi connectivity index (χ0) is 20.2. The van der Waals surface area contributed by atoms with Crippen LogP contribution >= 0.6 is 23.5 Å². The van der Waals surface area contributed by atoms with Gasteiger partial charge in [-0.05, 0) is 30.8 Å². The molecule has 0 aromatic carbocycles. The number of hydrogen-bond donors (Lipinski definition) is 2. The Morgan fingerprint density at radius 3 is 1.85 bits per heavy atom. The zero-order valence-corrected chi connectivity index (χ0v) is 18.8. The number of carboxylic acids is 2. The van der Waals surface area contributed by atoms with Crippen molar-refractivity contribution >= 4 is 35.5 Å². The fourth-order valence-corrected chi connectivity index (χ4v) is 4.95. The Hall–Kier alpha value is -0.360. The van der Waals surface area contributed by atoms with E-state index in [1.807, 2.05) is 11.8 Å². The molecule has 0 spiro atoms. The van der Waals surface area contributed by atoms with Gasteiger partial charge in [0.1, 0.15) is 0 Å². The molecule has 0 amide bonds. The van der Waals surface area contributed by atoms with Crippen LogP contribution in [0.25, 0.3) is 0 Å². The minimum atomic E-state index is -0.822. The highest BCUT2D eigenvalue weighted by Gasteiger charge is 2.17. The average molecular weight is 421 g/mol. The van der Waals surface area contributed by atoms with Gasteiger partial charge in [0.05, 0.1) is 12.3 Å². The number of thioether (sulfide) groups is 2. The SMILES string of the molecule is CCCCCCCCCCCCSCCCC(CSCCC(=O)O)C(=O)O. The molecule has 6 heteroatoms. The predicted octanol–water partition coefficient (Wildman–Crippen LogP) is 6.33. The molecule has 4 nitrogen and oxygen atoms in total. The van der Waals surface area contributed by atoms with Crippen LogP contribution in [0.15, 0.2) is 0 Å². The minimum absolute atomic E-state index is 0.103. The third-order valence-electron chi connectivity index (χ3n) is 4.61. The monoisotopic (exact) mass is 420 g/mol. The van der Waals surface area contributed by atoms with Crippen molar-refractivity contribution in [1.82, 2.24) is 0 Å². The number of carbonyl (C=O) groups is 2. The van der Waals surface area contributed by atoms with Gasteiger partial charge in [-0.25, -0.2) is 0 Å². The van der Waals surface area contributed by atoms with Gasteiger partial charge in [-0.3, -0.25) is 9.59 Å². The van der Waals surface area contributed by atoms with Crippen LogP contribution in [0.3, 0.4) is 0 Å². The summed E-state index contributed by atoms with van der Waals surface area (Å²) in [5.74, 6) is 1.30. The second-order valence-electron chi connectivity index (χ2n) is 7.19. The Bertz CT molecular complexity index is 364. The minimum Gasteiger partial charge on any atom is -0.481 e. The smallest absolute Gasteiger partial charge is 0.307 e. The van der Waals surface area contributed by atoms with Crippen LogP contribution in [0.1, 0.15) is 90.4 Å². The van der Waals surface area contributed by atoms with E-state index in [9.17, 15) is 14.7 Å². The first kappa shape index (κ1) is 26.6. The van der Waals surface area contributed by atoms with Crippen molar-refractivity contribution in [3.63, 3.8) is 0 Å². The predicted molar refractivity (Wildman–Crippen MR) is 119 cm³/mol. The van der Waals surface area contributed by atoms with Crippen LogP contribution in [-0.2, 0) is 9.59 Å². The summed E-state index contributed by atoms with van der Waals surface area (Å²) in [6, 6.07) is 0. The van der Waals surface area contributed by atoms with Crippen molar-refractivity contribution in [3.8, 4) is 0 Å². The molecule has 0 rings (SSSR count). The zero-order valence-electron chi connectivity index (χ0n) is 17.1. The molecule has 0 aromatic heterocycles. The van der Waals surface area contributed by atoms with Gasteiger partial charge >= 0.3 is 11.9 Å². The van der Waals surface area contributed by atoms with E-state index >= 15 is 0 Å². The lowest BCUT2D eigenvalue weighted by atomic mass is 10.1. The Balaban J connectivity index is 3.39. The number of aliphatic carboxylic acids is 2. The molecule has 0 heterocycles. The standard InChI is InChI=1S/C21H40O4S2/c1-2-3-4-5-6-7-8-9-10-11-15-26-16-12-13-19(21(24)25)18-27-17-14-20(22)23/h19H,2-18H2,1H3,(H,22,23)(H,24,25). The number of hydrogen-bond acceptors (Lipinski definition) is 4. The van der Waals surface area contributed by atoms with Crippen molar-refractivity contribution in [2.75, 3.05) is 23.0 Å². The molecule has 0 aromatic rings. The van der Waals surface area contributed by atoms with Gasteiger partial charge in [0.2, 0.25) is 0 Å². The summed E-state index contributed by atoms with van der Waals surface area (Å²) >= 11 is 3.38. The summed E-state index contributed by atoms with van der Waals surface area (Å²) in [4.78, 5) is 21.7. The molecule has 0 fully saturated rings. The maximum Gasteiger partial charge on any atom is 0.307 e. The molecule has 1 unspecified atom stereocenters. The molecule has 27 heavy (non-hydrogen) atoms. The summed E-state index contributed by atoms with van der Waals surface area (Å²) in [6.07, 6.45) is 15.3. The molecular formula is C21H40O4S2. The van der Waals surface area contributed by atoms with Gasteiger partial charge in [-0.1, -0.05) is 64.7 Å². The molecule has 0 saturated carbocycles. The molecule has 0 aliphatic heterocycles. The van der Waals surface area contributed by atoms with Crippen LogP contribution in [0.2, 0.25) is 0 Å². The molecule has 0 aliphatic carbocycles. The summed E-state index contributed by atoms with van der Waals surface area (Å²) in [6.45, 7) is 2.26. The second kappa shape index (κ2) is 20.4. The average Bonchev–Trinajstić information content (AvgIpc) is 2.63. The third-order valence-corrected chi connectivity index (χ3v) is 6.90. The van der Waals surface area contributed by atoms with Crippen LogP contribution < -0.4 is 0 Å². The highest BCUT2D eigenvalue weighted by molar-refractivity contribution is 7.99. The fraction of sp³-hybridized carbons (Fsp3) is 0.905. The van der Waals surface area contributed by atoms with Crippen LogP contribution in [0.5, 0.6) is 0 Å². The molecule has 0 bridgehead atoms. The Morgan fingerprint density at radius 2 is 1.30 bits per heavy atom. The maximum atomic E-state index is 11.3. The first-order valence-electron chi connectivity index (χ1n) is 10.7. The first-order valence-corrected chi connectivity index (χ1v) is 13.0. The lowest BCUT2D eigenvalue weighted by Crippen LogP contribution is -2.17. The highest BCUT2D eigenvalue weighted by Crippen LogP contribution is 2.18. The molecular weight excluding hydrogens is 380 g/mol. The molecule has 1 atom stereocenters. The molecule has 2 N–H and O–H groups in total. The number of carboxylic acid groups (broad SMARTS) is 2. The van der Waals surface area contributed by atoms with E-state index in [0.717, 1.165) is 12.2 Å². The highest BCUT2D eigenvalue weighted by atomic mass is 32.2. The normalized spacial score (nSPS) is 12.2. The van der Waals surface area contributed by atoms with E-state index in [4.69, 9.17) is 5.11 Å². The van der Waals surface area contributed by atoms with E-state index in [2.05, 4.69) is 6.92 Å². The van der Waals surface area contributed by atoms with Crippen LogP contribution in [0.4, 0.5) is 0 Å². The molecule has 0 saturated heterocycles. The van der Waals surface area contributed by atoms with Gasteiger partial charge < -0.3 is 10.2 Å². The lowest BCUT2D eigenvalue weighted by molar-refractivity contribution is -0.141. The van der Waals surface area contributed by atoms with Crippen molar-refractivity contribution in [2.45, 2.75) is 90.4 Å².